The van der Waals surface area contributed by atoms with Crippen molar-refractivity contribution in [1.29, 1.82) is 5.26 Å². The van der Waals surface area contributed by atoms with Gasteiger partial charge in [0.25, 0.3) is 0 Å². The highest BCUT2D eigenvalue weighted by atomic mass is 15.3. The Morgan fingerprint density at radius 3 is 2.87 bits per heavy atom. The molecule has 1 aromatic carbocycles. The van der Waals surface area contributed by atoms with Crippen molar-refractivity contribution in [3.8, 4) is 6.07 Å². The van der Waals surface area contributed by atoms with Gasteiger partial charge in [0.2, 0.25) is 0 Å². The van der Waals surface area contributed by atoms with Gasteiger partial charge in [-0.2, -0.15) is 5.26 Å². The van der Waals surface area contributed by atoms with Crippen LogP contribution in [0.2, 0.25) is 0 Å². The fraction of sp³-hybridized carbons (Fsp3) is 0.462. The number of benzene rings is 1. The van der Waals surface area contributed by atoms with Crippen molar-refractivity contribution in [3.63, 3.8) is 0 Å². The SMILES string of the molecule is N#C[C@@]12C[C@@H]1CCN2Cc1ccccc1. The van der Waals surface area contributed by atoms with Crippen LogP contribution in [0.5, 0.6) is 0 Å². The standard InChI is InChI=1S/C13H14N2/c14-10-13-8-12(13)6-7-15(13)9-11-4-2-1-3-5-11/h1-5,12H,6-9H2/t12-,13-/m0/s1. The maximum Gasteiger partial charge on any atom is 0.112 e. The van der Waals surface area contributed by atoms with Gasteiger partial charge in [0.1, 0.15) is 5.54 Å². The maximum absolute atomic E-state index is 9.22. The minimum atomic E-state index is -0.0875. The van der Waals surface area contributed by atoms with Crippen molar-refractivity contribution in [3.05, 3.63) is 35.9 Å². The van der Waals surface area contributed by atoms with Crippen LogP contribution in [0.25, 0.3) is 0 Å². The Kier molecular flexibility index (Phi) is 1.83. The molecule has 2 aliphatic rings. The smallest absolute Gasteiger partial charge is 0.112 e. The van der Waals surface area contributed by atoms with Crippen LogP contribution < -0.4 is 0 Å². The zero-order valence-electron chi connectivity index (χ0n) is 8.69. The van der Waals surface area contributed by atoms with Crippen LogP contribution in [-0.4, -0.2) is 17.0 Å². The van der Waals surface area contributed by atoms with Crippen molar-refractivity contribution >= 4 is 0 Å². The summed E-state index contributed by atoms with van der Waals surface area (Å²) in [6.45, 7) is 2.03. The lowest BCUT2D eigenvalue weighted by Gasteiger charge is -2.22. The lowest BCUT2D eigenvalue weighted by atomic mass is 10.2. The first-order valence-corrected chi connectivity index (χ1v) is 5.55. The molecule has 1 heterocycles. The Morgan fingerprint density at radius 2 is 2.20 bits per heavy atom. The molecule has 0 radical (unpaired) electrons. The second kappa shape index (κ2) is 3.08. The van der Waals surface area contributed by atoms with E-state index >= 15 is 0 Å². The van der Waals surface area contributed by atoms with Gasteiger partial charge in [0.15, 0.2) is 0 Å². The van der Waals surface area contributed by atoms with Crippen molar-refractivity contribution < 1.29 is 0 Å². The number of nitrogens with zero attached hydrogens (tertiary/aromatic N) is 2. The molecule has 2 heteroatoms. The maximum atomic E-state index is 9.22. The zero-order chi connectivity index (χ0) is 10.3. The molecule has 1 aliphatic carbocycles. The molecule has 0 aromatic heterocycles. The number of hydrogen-bond acceptors (Lipinski definition) is 2. The molecule has 2 nitrogen and oxygen atoms in total. The summed E-state index contributed by atoms with van der Waals surface area (Å²) in [7, 11) is 0. The van der Waals surface area contributed by atoms with E-state index in [1.54, 1.807) is 0 Å². The summed E-state index contributed by atoms with van der Waals surface area (Å²) >= 11 is 0. The Labute approximate surface area is 90.1 Å². The van der Waals surface area contributed by atoms with E-state index in [1.165, 1.54) is 12.0 Å². The molecule has 2 fully saturated rings. The first-order chi connectivity index (χ1) is 7.35. The average molecular weight is 198 g/mol. The van der Waals surface area contributed by atoms with E-state index in [0.717, 1.165) is 19.5 Å². The predicted octanol–water partition coefficient (Wildman–Crippen LogP) is 2.17. The first kappa shape index (κ1) is 8.94. The topological polar surface area (TPSA) is 27.0 Å². The van der Waals surface area contributed by atoms with Gasteiger partial charge in [-0.05, 0) is 24.3 Å². The molecular formula is C13H14N2. The molecular weight excluding hydrogens is 184 g/mol. The van der Waals surface area contributed by atoms with Gasteiger partial charge >= 0.3 is 0 Å². The van der Waals surface area contributed by atoms with Crippen LogP contribution in [0.15, 0.2) is 30.3 Å². The molecule has 1 saturated heterocycles. The van der Waals surface area contributed by atoms with Crippen molar-refractivity contribution in [2.75, 3.05) is 6.54 Å². The fourth-order valence-electron chi connectivity index (χ4n) is 2.79. The summed E-state index contributed by atoms with van der Waals surface area (Å²) in [4.78, 5) is 2.35. The average Bonchev–Trinajstić information content (AvgIpc) is 2.92. The predicted molar refractivity (Wildman–Crippen MR) is 57.9 cm³/mol. The Hall–Kier alpha value is -1.33. The van der Waals surface area contributed by atoms with E-state index in [1.807, 2.05) is 6.07 Å². The van der Waals surface area contributed by atoms with Gasteiger partial charge in [-0.3, -0.25) is 4.90 Å². The molecule has 2 atom stereocenters. The molecule has 0 amide bonds. The number of rotatable bonds is 2. The zero-order valence-corrected chi connectivity index (χ0v) is 8.69. The molecule has 1 aromatic rings. The second-order valence-corrected chi connectivity index (χ2v) is 4.63. The minimum absolute atomic E-state index is 0.0875. The Morgan fingerprint density at radius 1 is 1.40 bits per heavy atom. The molecule has 0 bridgehead atoms. The molecule has 1 aliphatic heterocycles. The van der Waals surface area contributed by atoms with E-state index in [4.69, 9.17) is 0 Å². The van der Waals surface area contributed by atoms with E-state index in [0.29, 0.717) is 5.92 Å². The lowest BCUT2D eigenvalue weighted by molar-refractivity contribution is 0.245. The molecule has 0 N–H and O–H groups in total. The van der Waals surface area contributed by atoms with Gasteiger partial charge in [0, 0.05) is 13.1 Å². The highest BCUT2D eigenvalue weighted by molar-refractivity contribution is 5.29. The highest BCUT2D eigenvalue weighted by Gasteiger charge is 2.62. The lowest BCUT2D eigenvalue weighted by Crippen LogP contribution is -2.32. The highest BCUT2D eigenvalue weighted by Crippen LogP contribution is 2.55. The summed E-state index contributed by atoms with van der Waals surface area (Å²) in [5, 5.41) is 9.22. The summed E-state index contributed by atoms with van der Waals surface area (Å²) < 4.78 is 0. The van der Waals surface area contributed by atoms with Gasteiger partial charge in [-0.1, -0.05) is 30.3 Å². The van der Waals surface area contributed by atoms with Gasteiger partial charge in [-0.15, -0.1) is 0 Å². The van der Waals surface area contributed by atoms with E-state index < -0.39 is 0 Å². The van der Waals surface area contributed by atoms with Crippen LogP contribution in [0.1, 0.15) is 18.4 Å². The molecule has 1 saturated carbocycles. The number of nitriles is 1. The van der Waals surface area contributed by atoms with Crippen LogP contribution in [-0.2, 0) is 6.54 Å². The first-order valence-electron chi connectivity index (χ1n) is 5.55. The Bertz CT molecular complexity index is 406. The van der Waals surface area contributed by atoms with Crippen LogP contribution >= 0.6 is 0 Å². The van der Waals surface area contributed by atoms with E-state index in [2.05, 4.69) is 35.2 Å². The monoisotopic (exact) mass is 198 g/mol. The summed E-state index contributed by atoms with van der Waals surface area (Å²) in [5.41, 5.74) is 1.23. The summed E-state index contributed by atoms with van der Waals surface area (Å²) in [6.07, 6.45) is 2.30. The third-order valence-electron chi connectivity index (χ3n) is 3.79. The van der Waals surface area contributed by atoms with Gasteiger partial charge in [-0.25, -0.2) is 0 Å². The summed E-state index contributed by atoms with van der Waals surface area (Å²) in [5.74, 6) is 0.659. The number of hydrogen-bond donors (Lipinski definition) is 0. The Balaban J connectivity index is 1.78. The molecule has 15 heavy (non-hydrogen) atoms. The van der Waals surface area contributed by atoms with Crippen LogP contribution in [0.3, 0.4) is 0 Å². The van der Waals surface area contributed by atoms with Crippen molar-refractivity contribution in [2.45, 2.75) is 24.9 Å². The molecule has 0 spiro atoms. The van der Waals surface area contributed by atoms with Gasteiger partial charge in [0.05, 0.1) is 6.07 Å². The third kappa shape index (κ3) is 1.27. The molecule has 3 rings (SSSR count). The van der Waals surface area contributed by atoms with Crippen LogP contribution in [0, 0.1) is 17.2 Å². The number of fused-ring (bicyclic) bond motifs is 1. The number of piperidine rings is 1. The normalized spacial score (nSPS) is 33.4. The van der Waals surface area contributed by atoms with Crippen molar-refractivity contribution in [2.24, 2.45) is 5.92 Å². The largest absolute Gasteiger partial charge is 0.281 e. The van der Waals surface area contributed by atoms with E-state index in [9.17, 15) is 5.26 Å². The quantitative estimate of drug-likeness (QED) is 0.728. The summed E-state index contributed by atoms with van der Waals surface area (Å²) in [6, 6.07) is 13.0. The van der Waals surface area contributed by atoms with Gasteiger partial charge < -0.3 is 0 Å². The molecule has 0 unspecified atom stereocenters. The molecule has 76 valence electrons. The fourth-order valence-corrected chi connectivity index (χ4v) is 2.79. The van der Waals surface area contributed by atoms with Crippen LogP contribution in [0.4, 0.5) is 0 Å². The number of likely N-dealkylation sites (tertiary alicyclic amines) is 1. The minimum Gasteiger partial charge on any atom is -0.281 e. The van der Waals surface area contributed by atoms with Crippen molar-refractivity contribution in [1.82, 2.24) is 4.90 Å². The second-order valence-electron chi connectivity index (χ2n) is 4.63. The third-order valence-corrected chi connectivity index (χ3v) is 3.79. The van der Waals surface area contributed by atoms with E-state index in [-0.39, 0.29) is 5.54 Å².